The van der Waals surface area contributed by atoms with Gasteiger partial charge in [0.25, 0.3) is 0 Å². The summed E-state index contributed by atoms with van der Waals surface area (Å²) in [5.74, 6) is -0.418. The lowest BCUT2D eigenvalue weighted by molar-refractivity contribution is 0.165. The lowest BCUT2D eigenvalue weighted by atomic mass is 9.95. The van der Waals surface area contributed by atoms with Crippen molar-refractivity contribution >= 4 is 10.0 Å². The molecule has 1 aromatic rings. The maximum absolute atomic E-state index is 14.2. The van der Waals surface area contributed by atoms with Crippen LogP contribution in [0.2, 0.25) is 0 Å². The molecule has 1 heterocycles. The lowest BCUT2D eigenvalue weighted by Crippen LogP contribution is -2.49. The smallest absolute Gasteiger partial charge is 0.240 e. The molecule has 1 saturated heterocycles. The van der Waals surface area contributed by atoms with Gasteiger partial charge in [0, 0.05) is 24.6 Å². The van der Waals surface area contributed by atoms with E-state index in [1.165, 1.54) is 12.1 Å². The minimum absolute atomic E-state index is 0.0427. The number of ether oxygens (including phenoxy) is 2. The van der Waals surface area contributed by atoms with Crippen LogP contribution in [-0.2, 0) is 14.8 Å². The van der Waals surface area contributed by atoms with Crippen LogP contribution in [0.15, 0.2) is 23.1 Å². The van der Waals surface area contributed by atoms with Crippen LogP contribution in [0, 0.1) is 11.7 Å². The largest absolute Gasteiger partial charge is 0.490 e. The van der Waals surface area contributed by atoms with Crippen LogP contribution in [-0.4, -0.2) is 40.3 Å². The van der Waals surface area contributed by atoms with Crippen LogP contribution in [0.3, 0.4) is 0 Å². The zero-order valence-corrected chi connectivity index (χ0v) is 15.6. The summed E-state index contributed by atoms with van der Waals surface area (Å²) in [5.41, 5.74) is 5.49. The predicted molar refractivity (Wildman–Crippen MR) is 93.5 cm³/mol. The first kappa shape index (κ1) is 20.1. The van der Waals surface area contributed by atoms with Gasteiger partial charge in [0.1, 0.15) is 0 Å². The van der Waals surface area contributed by atoms with Crippen molar-refractivity contribution in [3.8, 4) is 5.75 Å². The van der Waals surface area contributed by atoms with Crippen LogP contribution >= 0.6 is 0 Å². The van der Waals surface area contributed by atoms with Gasteiger partial charge in [-0.05, 0) is 37.5 Å². The molecule has 1 fully saturated rings. The Labute approximate surface area is 148 Å². The highest BCUT2D eigenvalue weighted by atomic mass is 32.2. The third-order valence-electron chi connectivity index (χ3n) is 4.73. The molecular formula is C17H27FN2O4S. The maximum Gasteiger partial charge on any atom is 0.240 e. The normalized spacial score (nSPS) is 18.5. The molecule has 1 aliphatic rings. The van der Waals surface area contributed by atoms with Crippen LogP contribution < -0.4 is 15.2 Å². The molecule has 1 unspecified atom stereocenters. The Bertz CT molecular complexity index is 671. The molecule has 0 amide bonds. The van der Waals surface area contributed by atoms with Crippen molar-refractivity contribution in [2.45, 2.75) is 43.5 Å². The van der Waals surface area contributed by atoms with E-state index in [4.69, 9.17) is 15.2 Å². The molecule has 0 radical (unpaired) electrons. The highest BCUT2D eigenvalue weighted by Crippen LogP contribution is 2.23. The molecule has 25 heavy (non-hydrogen) atoms. The van der Waals surface area contributed by atoms with Crippen LogP contribution in [0.5, 0.6) is 5.75 Å². The number of nitrogens with two attached hydrogens (primary N) is 1. The molecule has 0 bridgehead atoms. The Hall–Kier alpha value is -1.22. The Balaban J connectivity index is 2.02. The zero-order valence-electron chi connectivity index (χ0n) is 14.8. The van der Waals surface area contributed by atoms with Crippen molar-refractivity contribution in [3.63, 3.8) is 0 Å². The van der Waals surface area contributed by atoms with E-state index in [0.29, 0.717) is 32.7 Å². The summed E-state index contributed by atoms with van der Waals surface area (Å²) >= 11 is 0. The van der Waals surface area contributed by atoms with Crippen LogP contribution in [0.1, 0.15) is 33.1 Å². The molecule has 1 aliphatic heterocycles. The van der Waals surface area contributed by atoms with Gasteiger partial charge in [-0.15, -0.1) is 0 Å². The van der Waals surface area contributed by atoms with Gasteiger partial charge < -0.3 is 15.2 Å². The van der Waals surface area contributed by atoms with E-state index >= 15 is 0 Å². The molecule has 3 N–H and O–H groups in total. The minimum atomic E-state index is -3.83. The van der Waals surface area contributed by atoms with Gasteiger partial charge >= 0.3 is 0 Å². The zero-order chi connectivity index (χ0) is 18.5. The van der Waals surface area contributed by atoms with Crippen molar-refractivity contribution in [1.29, 1.82) is 0 Å². The monoisotopic (exact) mass is 374 g/mol. The predicted octanol–water partition coefficient (Wildman–Crippen LogP) is 2.04. The summed E-state index contributed by atoms with van der Waals surface area (Å²) in [4.78, 5) is -0.142. The van der Waals surface area contributed by atoms with E-state index in [1.54, 1.807) is 0 Å². The van der Waals surface area contributed by atoms with Gasteiger partial charge in [0.2, 0.25) is 10.0 Å². The molecule has 142 valence electrons. The first-order valence-electron chi connectivity index (χ1n) is 8.58. The Morgan fingerprint density at radius 1 is 1.40 bits per heavy atom. The van der Waals surface area contributed by atoms with Crippen molar-refractivity contribution in [2.24, 2.45) is 11.7 Å². The first-order chi connectivity index (χ1) is 11.8. The summed E-state index contributed by atoms with van der Waals surface area (Å²) < 4.78 is 52.0. The van der Waals surface area contributed by atoms with E-state index in [0.717, 1.165) is 12.5 Å². The van der Waals surface area contributed by atoms with Gasteiger partial charge in [-0.1, -0.05) is 13.8 Å². The van der Waals surface area contributed by atoms with E-state index < -0.39 is 21.4 Å². The quantitative estimate of drug-likeness (QED) is 0.690. The first-order valence-corrected chi connectivity index (χ1v) is 10.1. The molecule has 8 heteroatoms. The molecular weight excluding hydrogens is 347 g/mol. The highest BCUT2D eigenvalue weighted by Gasteiger charge is 2.25. The Morgan fingerprint density at radius 3 is 2.68 bits per heavy atom. The minimum Gasteiger partial charge on any atom is -0.490 e. The SMILES string of the molecule is CCC(N)(CC)CNS(=O)(=O)c1ccc(OCC2CCOC2)c(F)c1. The van der Waals surface area contributed by atoms with Crippen LogP contribution in [0.4, 0.5) is 4.39 Å². The summed E-state index contributed by atoms with van der Waals surface area (Å²) in [6, 6.07) is 3.65. The number of hydrogen-bond acceptors (Lipinski definition) is 5. The van der Waals surface area contributed by atoms with E-state index in [-0.39, 0.29) is 23.1 Å². The summed E-state index contributed by atoms with van der Waals surface area (Å²) in [7, 11) is -3.83. The second-order valence-corrected chi connectivity index (χ2v) is 8.29. The Kier molecular flexibility index (Phi) is 6.79. The van der Waals surface area contributed by atoms with Gasteiger partial charge in [0.15, 0.2) is 11.6 Å². The fourth-order valence-corrected chi connectivity index (χ4v) is 3.66. The topological polar surface area (TPSA) is 90.7 Å². The number of nitrogens with one attached hydrogen (secondary N) is 1. The molecule has 0 aliphatic carbocycles. The maximum atomic E-state index is 14.2. The second kappa shape index (κ2) is 8.44. The second-order valence-electron chi connectivity index (χ2n) is 6.53. The molecule has 1 aromatic carbocycles. The summed E-state index contributed by atoms with van der Waals surface area (Å²) in [6.07, 6.45) is 2.16. The van der Waals surface area contributed by atoms with Gasteiger partial charge in [-0.3, -0.25) is 0 Å². The van der Waals surface area contributed by atoms with E-state index in [9.17, 15) is 12.8 Å². The molecule has 0 spiro atoms. The molecule has 0 saturated carbocycles. The number of rotatable bonds is 9. The average Bonchev–Trinajstić information content (AvgIpc) is 3.12. The van der Waals surface area contributed by atoms with Crippen molar-refractivity contribution < 1.29 is 22.3 Å². The molecule has 6 nitrogen and oxygen atoms in total. The van der Waals surface area contributed by atoms with Gasteiger partial charge in [0.05, 0.1) is 18.1 Å². The number of hydrogen-bond donors (Lipinski definition) is 2. The third kappa shape index (κ3) is 5.37. The fraction of sp³-hybridized carbons (Fsp3) is 0.647. The number of halogens is 1. The number of sulfonamides is 1. The van der Waals surface area contributed by atoms with Crippen LogP contribution in [0.25, 0.3) is 0 Å². The lowest BCUT2D eigenvalue weighted by Gasteiger charge is -2.26. The molecule has 2 rings (SSSR count). The highest BCUT2D eigenvalue weighted by molar-refractivity contribution is 7.89. The van der Waals surface area contributed by atoms with E-state index in [2.05, 4.69) is 4.72 Å². The van der Waals surface area contributed by atoms with E-state index in [1.807, 2.05) is 13.8 Å². The standard InChI is InChI=1S/C17H27FN2O4S/c1-3-17(19,4-2)12-20-25(21,22)14-5-6-16(15(18)9-14)24-11-13-7-8-23-10-13/h5-6,9,13,20H,3-4,7-8,10-12,19H2,1-2H3. The third-order valence-corrected chi connectivity index (χ3v) is 6.13. The van der Waals surface area contributed by atoms with Gasteiger partial charge in [-0.2, -0.15) is 0 Å². The van der Waals surface area contributed by atoms with Gasteiger partial charge in [-0.25, -0.2) is 17.5 Å². The van der Waals surface area contributed by atoms with Crippen molar-refractivity contribution in [2.75, 3.05) is 26.4 Å². The average molecular weight is 374 g/mol. The number of benzene rings is 1. The summed E-state index contributed by atoms with van der Waals surface area (Å²) in [5, 5.41) is 0. The molecule has 0 aromatic heterocycles. The summed E-state index contributed by atoms with van der Waals surface area (Å²) in [6.45, 7) is 5.55. The van der Waals surface area contributed by atoms with Crippen molar-refractivity contribution in [1.82, 2.24) is 4.72 Å². The Morgan fingerprint density at radius 2 is 2.12 bits per heavy atom. The fourth-order valence-electron chi connectivity index (χ4n) is 2.51. The van der Waals surface area contributed by atoms with Crippen molar-refractivity contribution in [3.05, 3.63) is 24.0 Å². The molecule has 1 atom stereocenters.